The highest BCUT2D eigenvalue weighted by Crippen LogP contribution is 2.08. The second-order valence-corrected chi connectivity index (χ2v) is 5.43. The molecule has 0 aromatic carbocycles. The Bertz CT molecular complexity index is 641. The third kappa shape index (κ3) is 3.57. The van der Waals surface area contributed by atoms with Crippen LogP contribution in [0, 0.1) is 0 Å². The molecule has 106 valence electrons. The maximum Gasteiger partial charge on any atom is 0.407 e. The molecule has 1 N–H and O–H groups in total. The zero-order chi connectivity index (χ0) is 14.8. The molecule has 0 aliphatic rings. The molecule has 2 aromatic heterocycles. The molecular formula is C14H17N3O3. The van der Waals surface area contributed by atoms with Crippen LogP contribution in [0.4, 0.5) is 4.79 Å². The standard InChI is InChI=1S/C14H17N3O3/c1-14(2,3)20-13(19)15-6-11-8-17-7-10(9-18)4-5-12(17)16-11/h4-5,7-9H,6H2,1-3H3,(H,15,19). The van der Waals surface area contributed by atoms with Gasteiger partial charge in [-0.1, -0.05) is 0 Å². The van der Waals surface area contributed by atoms with Gasteiger partial charge in [-0.05, 0) is 32.9 Å². The number of imidazole rings is 1. The summed E-state index contributed by atoms with van der Waals surface area (Å²) in [5.41, 5.74) is 1.46. The number of carbonyl (C=O) groups excluding carboxylic acids is 2. The number of hydrogen-bond acceptors (Lipinski definition) is 4. The van der Waals surface area contributed by atoms with Crippen LogP contribution in [0.15, 0.2) is 24.5 Å². The van der Waals surface area contributed by atoms with Gasteiger partial charge in [0.15, 0.2) is 6.29 Å². The molecule has 6 nitrogen and oxygen atoms in total. The van der Waals surface area contributed by atoms with Crippen molar-refractivity contribution in [2.75, 3.05) is 0 Å². The zero-order valence-electron chi connectivity index (χ0n) is 11.7. The third-order valence-electron chi connectivity index (χ3n) is 2.47. The van der Waals surface area contributed by atoms with E-state index in [2.05, 4.69) is 10.3 Å². The second-order valence-electron chi connectivity index (χ2n) is 5.43. The number of ether oxygens (including phenoxy) is 1. The van der Waals surface area contributed by atoms with Crippen molar-refractivity contribution in [3.63, 3.8) is 0 Å². The lowest BCUT2D eigenvalue weighted by Gasteiger charge is -2.19. The van der Waals surface area contributed by atoms with Gasteiger partial charge in [-0.3, -0.25) is 4.79 Å². The highest BCUT2D eigenvalue weighted by molar-refractivity contribution is 5.74. The molecule has 0 radical (unpaired) electrons. The van der Waals surface area contributed by atoms with Gasteiger partial charge in [-0.25, -0.2) is 9.78 Å². The molecule has 2 rings (SSSR count). The van der Waals surface area contributed by atoms with Crippen LogP contribution in [-0.4, -0.2) is 27.4 Å². The van der Waals surface area contributed by atoms with Crippen LogP contribution in [-0.2, 0) is 11.3 Å². The lowest BCUT2D eigenvalue weighted by Crippen LogP contribution is -2.32. The van der Waals surface area contributed by atoms with E-state index < -0.39 is 11.7 Å². The van der Waals surface area contributed by atoms with Crippen molar-refractivity contribution in [1.29, 1.82) is 0 Å². The molecule has 2 heterocycles. The van der Waals surface area contributed by atoms with Gasteiger partial charge in [-0.2, -0.15) is 0 Å². The molecule has 0 spiro atoms. The molecule has 0 unspecified atom stereocenters. The van der Waals surface area contributed by atoms with Crippen molar-refractivity contribution >= 4 is 18.0 Å². The first kappa shape index (κ1) is 14.0. The average molecular weight is 275 g/mol. The number of rotatable bonds is 3. The Kier molecular flexibility index (Phi) is 3.74. The smallest absolute Gasteiger partial charge is 0.407 e. The van der Waals surface area contributed by atoms with Crippen LogP contribution in [0.2, 0.25) is 0 Å². The average Bonchev–Trinajstić information content (AvgIpc) is 2.75. The van der Waals surface area contributed by atoms with Gasteiger partial charge < -0.3 is 14.5 Å². The van der Waals surface area contributed by atoms with Gasteiger partial charge in [0, 0.05) is 18.0 Å². The largest absolute Gasteiger partial charge is 0.444 e. The molecule has 20 heavy (non-hydrogen) atoms. The number of amides is 1. The van der Waals surface area contributed by atoms with Crippen LogP contribution < -0.4 is 5.32 Å². The highest BCUT2D eigenvalue weighted by atomic mass is 16.6. The Balaban J connectivity index is 2.03. The van der Waals surface area contributed by atoms with Crippen molar-refractivity contribution < 1.29 is 14.3 Å². The van der Waals surface area contributed by atoms with E-state index in [1.165, 1.54) is 0 Å². The van der Waals surface area contributed by atoms with Crippen LogP contribution >= 0.6 is 0 Å². The summed E-state index contributed by atoms with van der Waals surface area (Å²) in [4.78, 5) is 26.6. The molecule has 0 fully saturated rings. The van der Waals surface area contributed by atoms with E-state index in [0.29, 0.717) is 11.3 Å². The normalized spacial score (nSPS) is 11.3. The van der Waals surface area contributed by atoms with Crippen molar-refractivity contribution in [2.24, 2.45) is 0 Å². The third-order valence-corrected chi connectivity index (χ3v) is 2.47. The van der Waals surface area contributed by atoms with E-state index in [0.717, 1.165) is 11.9 Å². The number of aromatic nitrogens is 2. The molecule has 0 atom stereocenters. The number of pyridine rings is 1. The first-order valence-electron chi connectivity index (χ1n) is 6.27. The SMILES string of the molecule is CC(C)(C)OC(=O)NCc1cn2cc(C=O)ccc2n1. The predicted octanol–water partition coefficient (Wildman–Crippen LogP) is 2.17. The number of fused-ring (bicyclic) bond motifs is 1. The van der Waals surface area contributed by atoms with Crippen molar-refractivity contribution in [3.05, 3.63) is 35.8 Å². The Hall–Kier alpha value is -2.37. The van der Waals surface area contributed by atoms with E-state index in [1.807, 2.05) is 0 Å². The minimum Gasteiger partial charge on any atom is -0.444 e. The predicted molar refractivity (Wildman–Crippen MR) is 73.7 cm³/mol. The summed E-state index contributed by atoms with van der Waals surface area (Å²) in [5, 5.41) is 2.64. The Morgan fingerprint density at radius 3 is 2.80 bits per heavy atom. The number of alkyl carbamates (subject to hydrolysis) is 1. The summed E-state index contributed by atoms with van der Waals surface area (Å²) in [6.07, 6.45) is 3.74. The summed E-state index contributed by atoms with van der Waals surface area (Å²) in [6.45, 7) is 5.68. The van der Waals surface area contributed by atoms with Crippen molar-refractivity contribution in [2.45, 2.75) is 32.9 Å². The molecule has 0 bridgehead atoms. The summed E-state index contributed by atoms with van der Waals surface area (Å²) >= 11 is 0. The molecule has 6 heteroatoms. The summed E-state index contributed by atoms with van der Waals surface area (Å²) < 4.78 is 6.88. The highest BCUT2D eigenvalue weighted by Gasteiger charge is 2.16. The van der Waals surface area contributed by atoms with Crippen LogP contribution in [0.1, 0.15) is 36.8 Å². The number of carbonyl (C=O) groups is 2. The van der Waals surface area contributed by atoms with Crippen molar-refractivity contribution in [1.82, 2.24) is 14.7 Å². The fourth-order valence-electron chi connectivity index (χ4n) is 1.69. The molecule has 0 aliphatic carbocycles. The molecule has 1 amide bonds. The Morgan fingerprint density at radius 1 is 1.40 bits per heavy atom. The van der Waals surface area contributed by atoms with E-state index >= 15 is 0 Å². The quantitative estimate of drug-likeness (QED) is 0.871. The van der Waals surface area contributed by atoms with Crippen LogP contribution in [0.3, 0.4) is 0 Å². The number of aldehydes is 1. The topological polar surface area (TPSA) is 72.7 Å². The van der Waals surface area contributed by atoms with Crippen LogP contribution in [0.25, 0.3) is 5.65 Å². The molecular weight excluding hydrogens is 258 g/mol. The van der Waals surface area contributed by atoms with Gasteiger partial charge in [0.05, 0.1) is 12.2 Å². The number of nitrogens with zero attached hydrogens (tertiary/aromatic N) is 2. The van der Waals surface area contributed by atoms with Gasteiger partial charge in [-0.15, -0.1) is 0 Å². The first-order valence-corrected chi connectivity index (χ1v) is 6.27. The Morgan fingerprint density at radius 2 is 2.15 bits per heavy atom. The van der Waals surface area contributed by atoms with Gasteiger partial charge in [0.2, 0.25) is 0 Å². The van der Waals surface area contributed by atoms with Gasteiger partial charge >= 0.3 is 6.09 Å². The summed E-state index contributed by atoms with van der Waals surface area (Å²) in [6, 6.07) is 3.45. The van der Waals surface area contributed by atoms with Gasteiger partial charge in [0.1, 0.15) is 11.2 Å². The maximum atomic E-state index is 11.5. The lowest BCUT2D eigenvalue weighted by atomic mass is 10.2. The van der Waals surface area contributed by atoms with Gasteiger partial charge in [0.25, 0.3) is 0 Å². The number of hydrogen-bond donors (Lipinski definition) is 1. The molecule has 0 saturated heterocycles. The van der Waals surface area contributed by atoms with E-state index in [-0.39, 0.29) is 6.54 Å². The zero-order valence-corrected chi connectivity index (χ0v) is 11.7. The first-order chi connectivity index (χ1) is 9.37. The lowest BCUT2D eigenvalue weighted by molar-refractivity contribution is 0.0523. The minimum atomic E-state index is -0.526. The fourth-order valence-corrected chi connectivity index (χ4v) is 1.69. The second kappa shape index (κ2) is 5.32. The van der Waals surface area contributed by atoms with E-state index in [9.17, 15) is 9.59 Å². The van der Waals surface area contributed by atoms with Crippen molar-refractivity contribution in [3.8, 4) is 0 Å². The van der Waals surface area contributed by atoms with Crippen LogP contribution in [0.5, 0.6) is 0 Å². The molecule has 0 saturated carbocycles. The minimum absolute atomic E-state index is 0.271. The fraction of sp³-hybridized carbons (Fsp3) is 0.357. The molecule has 0 aliphatic heterocycles. The monoisotopic (exact) mass is 275 g/mol. The number of nitrogens with one attached hydrogen (secondary N) is 1. The van der Waals surface area contributed by atoms with E-state index in [1.54, 1.807) is 49.7 Å². The Labute approximate surface area is 116 Å². The summed E-state index contributed by atoms with van der Waals surface area (Å²) in [5.74, 6) is 0. The summed E-state index contributed by atoms with van der Waals surface area (Å²) in [7, 11) is 0. The maximum absolute atomic E-state index is 11.5. The molecule has 2 aromatic rings. The van der Waals surface area contributed by atoms with E-state index in [4.69, 9.17) is 4.74 Å².